The van der Waals surface area contributed by atoms with Gasteiger partial charge in [0.05, 0.1) is 5.75 Å². The third kappa shape index (κ3) is 3.63. The molecule has 20 heavy (non-hydrogen) atoms. The second-order valence-corrected chi connectivity index (χ2v) is 5.91. The Morgan fingerprint density at radius 1 is 1.45 bits per heavy atom. The molecule has 0 spiro atoms. The van der Waals surface area contributed by atoms with Crippen molar-refractivity contribution >= 4 is 23.7 Å². The van der Waals surface area contributed by atoms with E-state index in [1.807, 2.05) is 4.57 Å². The van der Waals surface area contributed by atoms with Gasteiger partial charge in [0, 0.05) is 19.1 Å². The summed E-state index contributed by atoms with van der Waals surface area (Å²) in [5.74, 6) is -0.500. The van der Waals surface area contributed by atoms with Crippen molar-refractivity contribution in [3.8, 4) is 0 Å². The van der Waals surface area contributed by atoms with E-state index in [9.17, 15) is 4.79 Å². The summed E-state index contributed by atoms with van der Waals surface area (Å²) in [4.78, 5) is 13.1. The summed E-state index contributed by atoms with van der Waals surface area (Å²) in [6, 6.07) is 0.273. The Labute approximate surface area is 122 Å². The molecular weight excluding hydrogens is 278 g/mol. The highest BCUT2D eigenvalue weighted by Crippen LogP contribution is 2.29. The minimum absolute atomic E-state index is 0.0210. The highest BCUT2D eigenvalue weighted by atomic mass is 32.2. The zero-order valence-electron chi connectivity index (χ0n) is 11.7. The predicted molar refractivity (Wildman–Crippen MR) is 77.8 cm³/mol. The number of piperidine rings is 1. The largest absolute Gasteiger partial charge is 0.481 e. The van der Waals surface area contributed by atoms with Gasteiger partial charge < -0.3 is 15.7 Å². The first-order valence-electron chi connectivity index (χ1n) is 6.89. The Morgan fingerprint density at radius 3 is 2.75 bits per heavy atom. The molecule has 1 aromatic heterocycles. The molecule has 1 aromatic rings. The molecule has 1 saturated heterocycles. The van der Waals surface area contributed by atoms with Crippen LogP contribution in [0.25, 0.3) is 0 Å². The van der Waals surface area contributed by atoms with Crippen LogP contribution in [-0.2, 0) is 4.79 Å². The summed E-state index contributed by atoms with van der Waals surface area (Å²) in [6.45, 7) is 5.40. The number of rotatable bonds is 6. The third-order valence-electron chi connectivity index (χ3n) is 3.48. The van der Waals surface area contributed by atoms with Gasteiger partial charge in [-0.25, -0.2) is 0 Å². The molecule has 7 nitrogen and oxygen atoms in total. The van der Waals surface area contributed by atoms with Gasteiger partial charge in [0.25, 0.3) is 0 Å². The number of hydrogen-bond acceptors (Lipinski definition) is 6. The van der Waals surface area contributed by atoms with Gasteiger partial charge >= 0.3 is 5.97 Å². The fraction of sp³-hybridized carbons (Fsp3) is 0.750. The van der Waals surface area contributed by atoms with Crippen molar-refractivity contribution in [3.05, 3.63) is 0 Å². The molecule has 8 heteroatoms. The molecule has 0 aromatic carbocycles. The zero-order valence-corrected chi connectivity index (χ0v) is 12.5. The quantitative estimate of drug-likeness (QED) is 0.759. The number of likely N-dealkylation sites (tertiary alicyclic amines) is 1. The van der Waals surface area contributed by atoms with Crippen molar-refractivity contribution < 1.29 is 9.90 Å². The van der Waals surface area contributed by atoms with Crippen LogP contribution in [0.1, 0.15) is 32.2 Å². The van der Waals surface area contributed by atoms with E-state index in [1.165, 1.54) is 18.2 Å². The normalized spacial score (nSPS) is 17.4. The highest BCUT2D eigenvalue weighted by Gasteiger charge is 2.24. The summed E-state index contributed by atoms with van der Waals surface area (Å²) >= 11 is 1.18. The van der Waals surface area contributed by atoms with Gasteiger partial charge in [-0.3, -0.25) is 9.36 Å². The van der Waals surface area contributed by atoms with E-state index in [4.69, 9.17) is 10.8 Å². The molecule has 0 amide bonds. The molecule has 2 rings (SSSR count). The van der Waals surface area contributed by atoms with Gasteiger partial charge in [0.1, 0.15) is 0 Å². The standard InChI is InChI=1S/C12H21N5O2S/c1-2-5-16-6-3-9(4-7-16)17-11(13)14-15-12(17)20-8-10(18)19/h9H,2-8H2,1H3,(H2,13,14)(H,18,19). The lowest BCUT2D eigenvalue weighted by Crippen LogP contribution is -2.35. The fourth-order valence-corrected chi connectivity index (χ4v) is 3.31. The molecule has 0 bridgehead atoms. The smallest absolute Gasteiger partial charge is 0.313 e. The van der Waals surface area contributed by atoms with Crippen LogP contribution < -0.4 is 5.73 Å². The molecule has 1 aliphatic heterocycles. The lowest BCUT2D eigenvalue weighted by molar-refractivity contribution is -0.133. The lowest BCUT2D eigenvalue weighted by atomic mass is 10.0. The number of carbonyl (C=O) groups is 1. The second-order valence-electron chi connectivity index (χ2n) is 4.97. The first-order chi connectivity index (χ1) is 9.61. The van der Waals surface area contributed by atoms with E-state index in [1.54, 1.807) is 0 Å². The monoisotopic (exact) mass is 299 g/mol. The summed E-state index contributed by atoms with van der Waals surface area (Å²) in [5, 5.41) is 17.3. The summed E-state index contributed by atoms with van der Waals surface area (Å²) < 4.78 is 1.90. The molecule has 0 saturated carbocycles. The summed E-state index contributed by atoms with van der Waals surface area (Å²) in [5.41, 5.74) is 5.89. The second kappa shape index (κ2) is 6.94. The van der Waals surface area contributed by atoms with E-state index in [0.29, 0.717) is 11.1 Å². The number of aromatic nitrogens is 3. The fourth-order valence-electron chi connectivity index (χ4n) is 2.57. The molecule has 2 heterocycles. The van der Waals surface area contributed by atoms with Crippen molar-refractivity contribution in [3.63, 3.8) is 0 Å². The summed E-state index contributed by atoms with van der Waals surface area (Å²) in [6.07, 6.45) is 3.17. The molecule has 0 aliphatic carbocycles. The Balaban J connectivity index is 2.01. The molecule has 3 N–H and O–H groups in total. The van der Waals surface area contributed by atoms with Crippen LogP contribution in [0, 0.1) is 0 Å². The molecule has 112 valence electrons. The maximum atomic E-state index is 10.7. The van der Waals surface area contributed by atoms with Gasteiger partial charge in [-0.05, 0) is 25.8 Å². The van der Waals surface area contributed by atoms with E-state index < -0.39 is 5.97 Å². The zero-order chi connectivity index (χ0) is 14.5. The molecule has 0 radical (unpaired) electrons. The van der Waals surface area contributed by atoms with E-state index in [-0.39, 0.29) is 11.8 Å². The molecular formula is C12H21N5O2S. The number of hydrogen-bond donors (Lipinski definition) is 2. The number of carboxylic acid groups (broad SMARTS) is 1. The van der Waals surface area contributed by atoms with Gasteiger partial charge in [-0.1, -0.05) is 18.7 Å². The minimum atomic E-state index is -0.860. The Kier molecular flexibility index (Phi) is 5.24. The number of anilines is 1. The molecule has 1 aliphatic rings. The number of thioether (sulfide) groups is 1. The summed E-state index contributed by atoms with van der Waals surface area (Å²) in [7, 11) is 0. The van der Waals surface area contributed by atoms with Crippen molar-refractivity contribution in [1.29, 1.82) is 0 Å². The van der Waals surface area contributed by atoms with Crippen molar-refractivity contribution in [2.24, 2.45) is 0 Å². The molecule has 0 unspecified atom stereocenters. The van der Waals surface area contributed by atoms with Crippen molar-refractivity contribution in [2.75, 3.05) is 31.1 Å². The van der Waals surface area contributed by atoms with Crippen LogP contribution in [0.15, 0.2) is 5.16 Å². The lowest BCUT2D eigenvalue weighted by Gasteiger charge is -2.32. The Bertz CT molecular complexity index is 457. The maximum absolute atomic E-state index is 10.7. The predicted octanol–water partition coefficient (Wildman–Crippen LogP) is 1.08. The van der Waals surface area contributed by atoms with Crippen LogP contribution in [-0.4, -0.2) is 56.1 Å². The topological polar surface area (TPSA) is 97.3 Å². The van der Waals surface area contributed by atoms with Crippen LogP contribution in [0.4, 0.5) is 5.95 Å². The van der Waals surface area contributed by atoms with E-state index in [2.05, 4.69) is 22.0 Å². The molecule has 0 atom stereocenters. The number of aliphatic carboxylic acids is 1. The highest BCUT2D eigenvalue weighted by molar-refractivity contribution is 7.99. The third-order valence-corrected chi connectivity index (χ3v) is 4.41. The number of carboxylic acids is 1. The average Bonchev–Trinajstić information content (AvgIpc) is 2.79. The van der Waals surface area contributed by atoms with Crippen molar-refractivity contribution in [2.45, 2.75) is 37.4 Å². The van der Waals surface area contributed by atoms with Crippen LogP contribution >= 0.6 is 11.8 Å². The van der Waals surface area contributed by atoms with Crippen molar-refractivity contribution in [1.82, 2.24) is 19.7 Å². The van der Waals surface area contributed by atoms with Gasteiger partial charge in [-0.15, -0.1) is 10.2 Å². The van der Waals surface area contributed by atoms with E-state index >= 15 is 0 Å². The van der Waals surface area contributed by atoms with Gasteiger partial charge in [0.2, 0.25) is 5.95 Å². The van der Waals surface area contributed by atoms with Gasteiger partial charge in [-0.2, -0.15) is 0 Å². The average molecular weight is 299 g/mol. The van der Waals surface area contributed by atoms with Crippen LogP contribution in [0.2, 0.25) is 0 Å². The Hall–Kier alpha value is -1.28. The van der Waals surface area contributed by atoms with Gasteiger partial charge in [0.15, 0.2) is 5.16 Å². The van der Waals surface area contributed by atoms with Crippen LogP contribution in [0.5, 0.6) is 0 Å². The SMILES string of the molecule is CCCN1CCC(n2c(N)nnc2SCC(=O)O)CC1. The number of nitrogens with two attached hydrogens (primary N) is 1. The number of nitrogen functional groups attached to an aromatic ring is 1. The van der Waals surface area contributed by atoms with Crippen LogP contribution in [0.3, 0.4) is 0 Å². The first kappa shape index (κ1) is 15.1. The first-order valence-corrected chi connectivity index (χ1v) is 7.87. The number of nitrogens with zero attached hydrogens (tertiary/aromatic N) is 4. The minimum Gasteiger partial charge on any atom is -0.481 e. The maximum Gasteiger partial charge on any atom is 0.313 e. The van der Waals surface area contributed by atoms with E-state index in [0.717, 1.165) is 32.5 Å². The Morgan fingerprint density at radius 2 is 2.15 bits per heavy atom. The molecule has 1 fully saturated rings.